The molecule has 2 saturated heterocycles. The van der Waals surface area contributed by atoms with E-state index in [1.54, 1.807) is 6.20 Å². The average molecular weight is 711 g/mol. The number of carbonyl (C=O) groups excluding carboxylic acids is 1. The second kappa shape index (κ2) is 13.9. The van der Waals surface area contributed by atoms with Crippen molar-refractivity contribution in [2.45, 2.75) is 82.8 Å². The van der Waals surface area contributed by atoms with Gasteiger partial charge in [0.05, 0.1) is 35.5 Å². The molecule has 2 fully saturated rings. The molecule has 0 N–H and O–H groups in total. The Hall–Kier alpha value is -4.13. The van der Waals surface area contributed by atoms with E-state index in [4.69, 9.17) is 4.74 Å². The van der Waals surface area contributed by atoms with Gasteiger partial charge in [-0.15, -0.1) is 0 Å². The topological polar surface area (TPSA) is 105 Å². The second-order valence-electron chi connectivity index (χ2n) is 14.6. The van der Waals surface area contributed by atoms with Crippen LogP contribution < -0.4 is 0 Å². The van der Waals surface area contributed by atoms with E-state index >= 15 is 4.39 Å². The number of amides is 1. The van der Waals surface area contributed by atoms with Gasteiger partial charge in [-0.3, -0.25) is 14.4 Å². The molecule has 0 bridgehead atoms. The number of nitrogens with zero attached hydrogens (tertiary/aromatic N) is 8. The Bertz CT molecular complexity index is 1900. The summed E-state index contributed by atoms with van der Waals surface area (Å²) in [5.74, 6) is -2.24. The number of hydrogen-bond acceptors (Lipinski definition) is 7. The number of aryl methyl sites for hydroxylation is 1. The summed E-state index contributed by atoms with van der Waals surface area (Å²) in [6.07, 6.45) is 3.68. The number of alkyl halides is 3. The summed E-state index contributed by atoms with van der Waals surface area (Å²) >= 11 is 0. The summed E-state index contributed by atoms with van der Waals surface area (Å²) in [5, 5.41) is 15.3. The number of carbonyl (C=O) groups is 1. The molecule has 0 aliphatic carbocycles. The number of ether oxygens (including phenoxy) is 1. The summed E-state index contributed by atoms with van der Waals surface area (Å²) in [6, 6.07) is 7.83. The molecule has 0 spiro atoms. The molecule has 0 unspecified atom stereocenters. The van der Waals surface area contributed by atoms with E-state index in [1.165, 1.54) is 24.2 Å². The fourth-order valence-corrected chi connectivity index (χ4v) is 7.78. The van der Waals surface area contributed by atoms with Crippen molar-refractivity contribution in [2.75, 3.05) is 32.8 Å². The summed E-state index contributed by atoms with van der Waals surface area (Å²) in [5.41, 5.74) is -0.314. The van der Waals surface area contributed by atoms with Crippen LogP contribution in [0.15, 0.2) is 43.1 Å². The van der Waals surface area contributed by atoms with Gasteiger partial charge in [-0.1, -0.05) is 32.6 Å². The van der Waals surface area contributed by atoms with Crippen LogP contribution in [0.1, 0.15) is 47.7 Å². The number of nitriles is 1. The first-order valence-corrected chi connectivity index (χ1v) is 20.7. The van der Waals surface area contributed by atoms with Crippen molar-refractivity contribution in [3.63, 3.8) is 0 Å². The predicted molar refractivity (Wildman–Crippen MR) is 182 cm³/mol. The smallest absolute Gasteiger partial charge is 0.361 e. The highest BCUT2D eigenvalue weighted by Crippen LogP contribution is 2.39. The fraction of sp³-hybridized carbons (Fsp3) is 0.514. The predicted octanol–water partition coefficient (Wildman–Crippen LogP) is 6.56. The molecule has 50 heavy (non-hydrogen) atoms. The monoisotopic (exact) mass is 710 g/mol. The van der Waals surface area contributed by atoms with Crippen molar-refractivity contribution in [1.82, 2.24) is 34.1 Å². The van der Waals surface area contributed by atoms with Gasteiger partial charge in [0.2, 0.25) is 0 Å². The molecular weight excluding hydrogens is 669 g/mol. The molecule has 1 amide bonds. The largest absolute Gasteiger partial charge is 0.419 e. The number of likely N-dealkylation sites (tertiary alicyclic amines) is 2. The van der Waals surface area contributed by atoms with Crippen LogP contribution in [0.2, 0.25) is 25.7 Å². The zero-order chi connectivity index (χ0) is 35.8. The SMILES string of the molecule is CCc1ccc(C(=O)N2CCC(N3CC(CC#N)(n4cc(-c5ncnc6c5ccn6COCC[Si](C)(C)C)cn4)C3)CC2)c(F)c1C(F)(F)F. The average Bonchev–Trinajstić information content (AvgIpc) is 3.71. The minimum Gasteiger partial charge on any atom is -0.361 e. The summed E-state index contributed by atoms with van der Waals surface area (Å²) in [7, 11) is -1.19. The number of halogens is 4. The van der Waals surface area contributed by atoms with Gasteiger partial charge in [0.25, 0.3) is 5.91 Å². The van der Waals surface area contributed by atoms with Crippen LogP contribution in [-0.4, -0.2) is 86.9 Å². The van der Waals surface area contributed by atoms with Crippen LogP contribution >= 0.6 is 0 Å². The highest BCUT2D eigenvalue weighted by Gasteiger charge is 2.48. The van der Waals surface area contributed by atoms with Gasteiger partial charge in [0.15, 0.2) is 0 Å². The third kappa shape index (κ3) is 7.06. The van der Waals surface area contributed by atoms with Crippen molar-refractivity contribution in [2.24, 2.45) is 0 Å². The number of aromatic nitrogens is 5. The molecule has 5 heterocycles. The zero-order valence-electron chi connectivity index (χ0n) is 28.8. The lowest BCUT2D eigenvalue weighted by Gasteiger charge is -2.53. The van der Waals surface area contributed by atoms with Gasteiger partial charge in [0, 0.05) is 70.2 Å². The van der Waals surface area contributed by atoms with E-state index in [0.29, 0.717) is 52.4 Å². The van der Waals surface area contributed by atoms with Crippen LogP contribution in [0.5, 0.6) is 0 Å². The van der Waals surface area contributed by atoms with E-state index in [-0.39, 0.29) is 24.4 Å². The summed E-state index contributed by atoms with van der Waals surface area (Å²) in [6.45, 7) is 11.3. The van der Waals surface area contributed by atoms with E-state index in [2.05, 4.69) is 45.7 Å². The van der Waals surface area contributed by atoms with Crippen LogP contribution in [0.4, 0.5) is 17.6 Å². The van der Waals surface area contributed by atoms with Gasteiger partial charge in [-0.2, -0.15) is 23.5 Å². The number of hydrogen-bond donors (Lipinski definition) is 0. The van der Waals surface area contributed by atoms with Crippen molar-refractivity contribution < 1.29 is 27.1 Å². The Morgan fingerprint density at radius 3 is 2.54 bits per heavy atom. The molecule has 15 heteroatoms. The molecule has 1 aromatic carbocycles. The first kappa shape index (κ1) is 35.7. The standard InChI is InChI=1S/C35H42F4N8O2Si/c1-5-24-6-7-27(30(36)29(24)35(37,38)39)33(48)44-13-8-26(9-14-44)46-20-34(21-46,11-12-40)47-19-25(18-43-47)31-28-10-15-45(32(28)42-22-41-31)23-49-16-17-50(2,3)4/h6-7,10,15,18-19,22,26H,5,8-9,11,13-14,16-17,20-21,23H2,1-4H3. The number of rotatable bonds is 11. The van der Waals surface area contributed by atoms with Gasteiger partial charge in [0.1, 0.15) is 30.1 Å². The molecule has 2 aliphatic rings. The number of piperidine rings is 1. The molecular formula is C35H42F4N8O2Si. The van der Waals surface area contributed by atoms with E-state index in [1.807, 2.05) is 27.7 Å². The van der Waals surface area contributed by atoms with Crippen LogP contribution in [0, 0.1) is 17.1 Å². The molecule has 3 aromatic heterocycles. The Morgan fingerprint density at radius 1 is 1.14 bits per heavy atom. The highest BCUT2D eigenvalue weighted by molar-refractivity contribution is 6.76. The first-order valence-electron chi connectivity index (χ1n) is 17.0. The lowest BCUT2D eigenvalue weighted by molar-refractivity contribution is -0.140. The molecule has 10 nitrogen and oxygen atoms in total. The van der Waals surface area contributed by atoms with Gasteiger partial charge in [-0.05, 0) is 43.0 Å². The van der Waals surface area contributed by atoms with Crippen LogP contribution in [-0.2, 0) is 29.6 Å². The second-order valence-corrected chi connectivity index (χ2v) is 20.2. The van der Waals surface area contributed by atoms with Gasteiger partial charge in [-0.25, -0.2) is 14.4 Å². The van der Waals surface area contributed by atoms with Gasteiger partial charge >= 0.3 is 6.18 Å². The van der Waals surface area contributed by atoms with E-state index in [0.717, 1.165) is 34.4 Å². The molecule has 4 aromatic rings. The lowest BCUT2D eigenvalue weighted by atomic mass is 9.83. The van der Waals surface area contributed by atoms with E-state index in [9.17, 15) is 23.2 Å². The quantitative estimate of drug-likeness (QED) is 0.0987. The highest BCUT2D eigenvalue weighted by atomic mass is 28.3. The van der Waals surface area contributed by atoms with Crippen molar-refractivity contribution in [3.8, 4) is 17.3 Å². The first-order chi connectivity index (χ1) is 23.7. The van der Waals surface area contributed by atoms with Gasteiger partial charge < -0.3 is 14.2 Å². The molecule has 6 rings (SSSR count). The third-order valence-electron chi connectivity index (χ3n) is 9.92. The van der Waals surface area contributed by atoms with Crippen LogP contribution in [0.3, 0.4) is 0 Å². The number of benzene rings is 1. The molecule has 266 valence electrons. The van der Waals surface area contributed by atoms with Crippen LogP contribution in [0.25, 0.3) is 22.3 Å². The summed E-state index contributed by atoms with van der Waals surface area (Å²) in [4.78, 5) is 25.9. The minimum atomic E-state index is -4.89. The van der Waals surface area contributed by atoms with Crippen molar-refractivity contribution >= 4 is 25.0 Å². The van der Waals surface area contributed by atoms with Crippen molar-refractivity contribution in [1.29, 1.82) is 5.26 Å². The lowest BCUT2D eigenvalue weighted by Crippen LogP contribution is -2.66. The minimum absolute atomic E-state index is 0.00215. The molecule has 0 radical (unpaired) electrons. The molecule has 0 atom stereocenters. The fourth-order valence-electron chi connectivity index (χ4n) is 7.02. The maximum Gasteiger partial charge on any atom is 0.419 e. The van der Waals surface area contributed by atoms with Crippen molar-refractivity contribution in [3.05, 3.63) is 65.6 Å². The Kier molecular flexibility index (Phi) is 9.91. The zero-order valence-corrected chi connectivity index (χ0v) is 29.8. The molecule has 0 saturated carbocycles. The third-order valence-corrected chi connectivity index (χ3v) is 11.6. The Morgan fingerprint density at radius 2 is 1.88 bits per heavy atom. The summed E-state index contributed by atoms with van der Waals surface area (Å²) < 4.78 is 65.7. The Balaban J connectivity index is 1.10. The maximum atomic E-state index is 15.1. The van der Waals surface area contributed by atoms with E-state index < -0.39 is 42.6 Å². The normalized spacial score (nSPS) is 17.2. The molecule has 2 aliphatic heterocycles. The number of fused-ring (bicyclic) bond motifs is 1. The Labute approximate surface area is 289 Å². The maximum absolute atomic E-state index is 15.1.